The van der Waals surface area contributed by atoms with Gasteiger partial charge in [0.15, 0.2) is 0 Å². The van der Waals surface area contributed by atoms with Crippen LogP contribution in [0.15, 0.2) is 42.7 Å². The number of hydrogen-bond donors (Lipinski definition) is 2. The summed E-state index contributed by atoms with van der Waals surface area (Å²) in [5, 5.41) is 6.39. The summed E-state index contributed by atoms with van der Waals surface area (Å²) in [6, 6.07) is 9.07. The molecule has 1 aromatic heterocycles. The molecule has 0 atom stereocenters. The van der Waals surface area contributed by atoms with Gasteiger partial charge in [0.25, 0.3) is 11.8 Å². The van der Waals surface area contributed by atoms with Crippen molar-refractivity contribution in [1.82, 2.24) is 20.1 Å². The Hall–Kier alpha value is -3.46. The van der Waals surface area contributed by atoms with E-state index in [1.165, 1.54) is 12.6 Å². The first-order valence-corrected chi connectivity index (χ1v) is 14.5. The Bertz CT molecular complexity index is 1140. The highest BCUT2D eigenvalue weighted by atomic mass is 16.2. The van der Waals surface area contributed by atoms with Gasteiger partial charge in [0.2, 0.25) is 5.91 Å². The zero-order valence-corrected chi connectivity index (χ0v) is 22.7. The van der Waals surface area contributed by atoms with Crippen molar-refractivity contribution in [2.75, 3.05) is 62.6 Å². The molecule has 3 heterocycles. The van der Waals surface area contributed by atoms with Gasteiger partial charge in [0.1, 0.15) is 0 Å². The van der Waals surface area contributed by atoms with Gasteiger partial charge in [0, 0.05) is 69.7 Å². The topological polar surface area (TPSA) is 97.9 Å². The lowest BCUT2D eigenvalue weighted by Crippen LogP contribution is -2.39. The van der Waals surface area contributed by atoms with Gasteiger partial charge in [-0.15, -0.1) is 0 Å². The number of pyridine rings is 1. The minimum Gasteiger partial charge on any atom is -0.368 e. The molecule has 2 N–H and O–H groups in total. The lowest BCUT2D eigenvalue weighted by molar-refractivity contribution is -0.136. The highest BCUT2D eigenvalue weighted by Gasteiger charge is 2.28. The molecule has 1 saturated carbocycles. The van der Waals surface area contributed by atoms with E-state index in [9.17, 15) is 14.4 Å². The fraction of sp³-hybridized carbons (Fsp3) is 0.533. The molecule has 39 heavy (non-hydrogen) atoms. The molecule has 3 aliphatic rings. The first kappa shape index (κ1) is 27.1. The van der Waals surface area contributed by atoms with Crippen LogP contribution in [0, 0.1) is 5.92 Å². The maximum Gasteiger partial charge on any atom is 0.257 e. The quantitative estimate of drug-likeness (QED) is 0.613. The summed E-state index contributed by atoms with van der Waals surface area (Å²) in [5.41, 5.74) is 2.49. The molecular formula is C30H40N6O3. The number of amides is 3. The number of anilines is 2. The summed E-state index contributed by atoms with van der Waals surface area (Å²) in [4.78, 5) is 50.0. The van der Waals surface area contributed by atoms with E-state index in [1.807, 2.05) is 21.9 Å². The minimum atomic E-state index is -0.267. The van der Waals surface area contributed by atoms with Gasteiger partial charge in [-0.3, -0.25) is 19.4 Å². The zero-order valence-electron chi connectivity index (χ0n) is 22.7. The van der Waals surface area contributed by atoms with Crippen molar-refractivity contribution < 1.29 is 14.4 Å². The third kappa shape index (κ3) is 6.76. The summed E-state index contributed by atoms with van der Waals surface area (Å²) in [6.07, 6.45) is 10.5. The summed E-state index contributed by atoms with van der Waals surface area (Å²) in [6.45, 7) is 5.92. The van der Waals surface area contributed by atoms with Crippen LogP contribution in [-0.4, -0.2) is 84.9 Å². The van der Waals surface area contributed by atoms with Crippen LogP contribution in [0.25, 0.3) is 0 Å². The van der Waals surface area contributed by atoms with E-state index in [0.29, 0.717) is 48.9 Å². The molecule has 2 saturated heterocycles. The maximum absolute atomic E-state index is 13.4. The summed E-state index contributed by atoms with van der Waals surface area (Å²) in [7, 11) is 0. The Morgan fingerprint density at radius 3 is 2.49 bits per heavy atom. The van der Waals surface area contributed by atoms with E-state index >= 15 is 0 Å². The number of benzene rings is 1. The lowest BCUT2D eigenvalue weighted by Gasteiger charge is -2.29. The molecule has 208 valence electrons. The molecule has 0 unspecified atom stereocenters. The Kier molecular flexibility index (Phi) is 9.08. The predicted molar refractivity (Wildman–Crippen MR) is 152 cm³/mol. The highest BCUT2D eigenvalue weighted by Crippen LogP contribution is 2.31. The van der Waals surface area contributed by atoms with Gasteiger partial charge in [0.05, 0.1) is 16.9 Å². The van der Waals surface area contributed by atoms with Crippen LogP contribution in [0.5, 0.6) is 0 Å². The summed E-state index contributed by atoms with van der Waals surface area (Å²) >= 11 is 0. The molecule has 3 amide bonds. The van der Waals surface area contributed by atoms with E-state index in [0.717, 1.165) is 70.4 Å². The third-order valence-corrected chi connectivity index (χ3v) is 8.15. The van der Waals surface area contributed by atoms with Gasteiger partial charge in [-0.25, -0.2) is 0 Å². The zero-order chi connectivity index (χ0) is 27.0. The first-order valence-electron chi connectivity index (χ1n) is 14.5. The molecule has 2 aromatic rings. The fourth-order valence-electron chi connectivity index (χ4n) is 5.95. The predicted octanol–water partition coefficient (Wildman–Crippen LogP) is 3.39. The second-order valence-corrected chi connectivity index (χ2v) is 10.8. The Morgan fingerprint density at radius 1 is 0.821 bits per heavy atom. The monoisotopic (exact) mass is 532 g/mol. The normalized spacial score (nSPS) is 19.2. The molecule has 3 fully saturated rings. The number of rotatable bonds is 5. The van der Waals surface area contributed by atoms with E-state index in [1.54, 1.807) is 24.4 Å². The summed E-state index contributed by atoms with van der Waals surface area (Å²) < 4.78 is 0. The second-order valence-electron chi connectivity index (χ2n) is 10.8. The molecule has 1 aliphatic carbocycles. The molecule has 5 rings (SSSR count). The number of carbonyl (C=O) groups excluding carboxylic acids is 3. The molecular weight excluding hydrogens is 492 g/mol. The lowest BCUT2D eigenvalue weighted by atomic mass is 9.88. The van der Waals surface area contributed by atoms with E-state index in [2.05, 4.69) is 20.5 Å². The maximum atomic E-state index is 13.4. The smallest absolute Gasteiger partial charge is 0.257 e. The number of nitrogens with one attached hydrogen (secondary N) is 2. The van der Waals surface area contributed by atoms with Crippen LogP contribution in [0.2, 0.25) is 0 Å². The van der Waals surface area contributed by atoms with Crippen LogP contribution in [0.4, 0.5) is 11.4 Å². The van der Waals surface area contributed by atoms with Crippen LogP contribution in [-0.2, 0) is 4.79 Å². The average molecular weight is 533 g/mol. The number of aromatic nitrogens is 1. The SMILES string of the molecule is O=C(Nc1cc(C(=O)N2CCCNCC2)ccc1N1CCCN(C(=O)C2CCCCC2)CC1)c1cccnc1. The number of carbonyl (C=O) groups is 3. The van der Waals surface area contributed by atoms with Crippen molar-refractivity contribution in [2.45, 2.75) is 44.9 Å². The molecule has 1 aromatic carbocycles. The van der Waals surface area contributed by atoms with Crippen molar-refractivity contribution in [3.8, 4) is 0 Å². The molecule has 2 aliphatic heterocycles. The van der Waals surface area contributed by atoms with Gasteiger partial charge < -0.3 is 25.3 Å². The van der Waals surface area contributed by atoms with Gasteiger partial charge in [-0.1, -0.05) is 19.3 Å². The van der Waals surface area contributed by atoms with Gasteiger partial charge in [-0.05, 0) is 62.6 Å². The Labute approximate surface area is 230 Å². The molecule has 0 bridgehead atoms. The third-order valence-electron chi connectivity index (χ3n) is 8.15. The standard InChI is InChI=1S/C30H40N6O3/c37-28(25-9-4-12-32-22-25)33-26-21-24(30(39)35-15-5-13-31-14-18-35)10-11-27(26)34-16-6-17-36(20-19-34)29(38)23-7-2-1-3-8-23/h4,9-12,21-23,31H,1-3,5-8,13-20H2,(H,33,37). The molecule has 9 heteroatoms. The second kappa shape index (κ2) is 13.1. The molecule has 0 radical (unpaired) electrons. The molecule has 9 nitrogen and oxygen atoms in total. The largest absolute Gasteiger partial charge is 0.368 e. The van der Waals surface area contributed by atoms with Crippen LogP contribution in [0.1, 0.15) is 65.7 Å². The van der Waals surface area contributed by atoms with Crippen LogP contribution in [0.3, 0.4) is 0 Å². The summed E-state index contributed by atoms with van der Waals surface area (Å²) in [5.74, 6) is 0.174. The highest BCUT2D eigenvalue weighted by molar-refractivity contribution is 6.07. The Balaban J connectivity index is 1.36. The number of nitrogens with zero attached hydrogens (tertiary/aromatic N) is 4. The van der Waals surface area contributed by atoms with E-state index in [4.69, 9.17) is 0 Å². The molecule has 0 spiro atoms. The van der Waals surface area contributed by atoms with Gasteiger partial charge in [-0.2, -0.15) is 0 Å². The van der Waals surface area contributed by atoms with Gasteiger partial charge >= 0.3 is 0 Å². The van der Waals surface area contributed by atoms with Crippen molar-refractivity contribution in [3.05, 3.63) is 53.9 Å². The minimum absolute atomic E-state index is 0.0257. The van der Waals surface area contributed by atoms with E-state index < -0.39 is 0 Å². The van der Waals surface area contributed by atoms with Crippen molar-refractivity contribution in [3.63, 3.8) is 0 Å². The van der Waals surface area contributed by atoms with E-state index in [-0.39, 0.29) is 17.7 Å². The Morgan fingerprint density at radius 2 is 1.67 bits per heavy atom. The van der Waals surface area contributed by atoms with Crippen molar-refractivity contribution >= 4 is 29.1 Å². The van der Waals surface area contributed by atoms with Crippen molar-refractivity contribution in [1.29, 1.82) is 0 Å². The first-order chi connectivity index (χ1) is 19.1. The van der Waals surface area contributed by atoms with Crippen molar-refractivity contribution in [2.24, 2.45) is 5.92 Å². The fourth-order valence-corrected chi connectivity index (χ4v) is 5.95. The van der Waals surface area contributed by atoms with Crippen LogP contribution >= 0.6 is 0 Å². The van der Waals surface area contributed by atoms with Crippen LogP contribution < -0.4 is 15.5 Å². The average Bonchev–Trinajstić information content (AvgIpc) is 3.41. The number of hydrogen-bond acceptors (Lipinski definition) is 6.